The first-order valence-corrected chi connectivity index (χ1v) is 2.90. The predicted octanol–water partition coefficient (Wildman–Crippen LogP) is 0.777. The molecule has 2 nitrogen and oxygen atoms in total. The molecule has 0 aromatic carbocycles. The zero-order valence-electron chi connectivity index (χ0n) is 5.58. The van der Waals surface area contributed by atoms with Crippen molar-refractivity contribution >= 4 is 0 Å². The molecule has 1 aliphatic heterocycles. The lowest BCUT2D eigenvalue weighted by molar-refractivity contribution is 0.603. The Kier molecular flexibility index (Phi) is 1.16. The summed E-state index contributed by atoms with van der Waals surface area (Å²) in [6.07, 6.45) is 0.426. The Morgan fingerprint density at radius 2 is 1.50 bits per heavy atom. The van der Waals surface area contributed by atoms with Crippen molar-refractivity contribution in [3.63, 3.8) is 0 Å². The molecule has 0 aliphatic carbocycles. The van der Waals surface area contributed by atoms with E-state index >= 15 is 0 Å². The van der Waals surface area contributed by atoms with E-state index in [1.807, 2.05) is 0 Å². The summed E-state index contributed by atoms with van der Waals surface area (Å²) >= 11 is 0. The fraction of sp³-hybridized carbons (Fsp3) is 0.667. The van der Waals surface area contributed by atoms with Crippen molar-refractivity contribution in [2.75, 3.05) is 0 Å². The minimum atomic E-state index is 0.426. The summed E-state index contributed by atoms with van der Waals surface area (Å²) < 4.78 is 0. The third kappa shape index (κ3) is 0.782. The molecule has 0 radical (unpaired) electrons. The molecule has 2 N–H and O–H groups in total. The van der Waals surface area contributed by atoms with Gasteiger partial charge in [0.15, 0.2) is 0 Å². The Labute approximate surface area is 50.0 Å². The minimum Gasteiger partial charge on any atom is -0.368 e. The molecule has 0 amide bonds. The Bertz CT molecular complexity index is 112. The number of rotatable bonds is 0. The zero-order valence-corrected chi connectivity index (χ0v) is 5.58. The Morgan fingerprint density at radius 1 is 1.12 bits per heavy atom. The van der Waals surface area contributed by atoms with Gasteiger partial charge in [-0.05, 0) is 20.8 Å². The molecule has 1 heterocycles. The van der Waals surface area contributed by atoms with Gasteiger partial charge in [-0.3, -0.25) is 0 Å². The highest BCUT2D eigenvalue weighted by molar-refractivity contribution is 5.12. The van der Waals surface area contributed by atoms with E-state index in [2.05, 4.69) is 31.4 Å². The van der Waals surface area contributed by atoms with Crippen molar-refractivity contribution in [2.45, 2.75) is 26.9 Å². The summed E-state index contributed by atoms with van der Waals surface area (Å²) in [5, 5.41) is 6.47. The number of hydrogen-bond donors (Lipinski definition) is 2. The fourth-order valence-electron chi connectivity index (χ4n) is 0.902. The highest BCUT2D eigenvalue weighted by Gasteiger charge is 2.09. The van der Waals surface area contributed by atoms with Gasteiger partial charge in [-0.1, -0.05) is 0 Å². The maximum atomic E-state index is 3.23. The number of nitrogens with one attached hydrogen (secondary N) is 2. The van der Waals surface area contributed by atoms with Gasteiger partial charge in [0.2, 0.25) is 0 Å². The molecule has 8 heavy (non-hydrogen) atoms. The summed E-state index contributed by atoms with van der Waals surface area (Å²) in [6, 6.07) is 0. The van der Waals surface area contributed by atoms with Crippen LogP contribution < -0.4 is 10.6 Å². The number of allylic oxidation sites excluding steroid dienone is 2. The monoisotopic (exact) mass is 112 g/mol. The summed E-state index contributed by atoms with van der Waals surface area (Å²) in [5.41, 5.74) is 2.52. The smallest absolute Gasteiger partial charge is 0.0930 e. The van der Waals surface area contributed by atoms with Crippen LogP contribution in [0.2, 0.25) is 0 Å². The lowest BCUT2D eigenvalue weighted by Crippen LogP contribution is -2.28. The van der Waals surface area contributed by atoms with Gasteiger partial charge in [0, 0.05) is 11.4 Å². The van der Waals surface area contributed by atoms with Crippen molar-refractivity contribution in [3.05, 3.63) is 11.4 Å². The van der Waals surface area contributed by atoms with E-state index in [-0.39, 0.29) is 0 Å². The van der Waals surface area contributed by atoms with Gasteiger partial charge in [0.25, 0.3) is 0 Å². The second-order valence-corrected chi connectivity index (χ2v) is 2.26. The molecule has 0 aromatic heterocycles. The quantitative estimate of drug-likeness (QED) is 0.484. The van der Waals surface area contributed by atoms with Crippen LogP contribution in [0, 0.1) is 0 Å². The van der Waals surface area contributed by atoms with Crippen LogP contribution in [-0.2, 0) is 0 Å². The molecule has 0 atom stereocenters. The molecule has 0 spiro atoms. The molecule has 0 unspecified atom stereocenters. The summed E-state index contributed by atoms with van der Waals surface area (Å²) in [7, 11) is 0. The van der Waals surface area contributed by atoms with Crippen LogP contribution in [0.1, 0.15) is 20.8 Å². The summed E-state index contributed by atoms with van der Waals surface area (Å²) in [5.74, 6) is 0. The molecule has 2 heteroatoms. The van der Waals surface area contributed by atoms with Crippen LogP contribution in [-0.4, -0.2) is 6.17 Å². The topological polar surface area (TPSA) is 24.1 Å². The Balaban J connectivity index is 2.60. The standard InChI is InChI=1S/C6H12N2/c1-4-5(2)8-6(3)7-4/h6-8H,1-3H3. The van der Waals surface area contributed by atoms with Gasteiger partial charge in [-0.25, -0.2) is 0 Å². The van der Waals surface area contributed by atoms with Gasteiger partial charge in [-0.15, -0.1) is 0 Å². The first kappa shape index (κ1) is 5.48. The molecule has 0 saturated carbocycles. The Hall–Kier alpha value is -0.660. The molecule has 1 aliphatic rings. The summed E-state index contributed by atoms with van der Waals surface area (Å²) in [4.78, 5) is 0. The molecular weight excluding hydrogens is 100 g/mol. The van der Waals surface area contributed by atoms with E-state index in [1.54, 1.807) is 0 Å². The second kappa shape index (κ2) is 1.69. The van der Waals surface area contributed by atoms with Crippen molar-refractivity contribution < 1.29 is 0 Å². The van der Waals surface area contributed by atoms with Gasteiger partial charge in [-0.2, -0.15) is 0 Å². The molecular formula is C6H12N2. The van der Waals surface area contributed by atoms with Crippen molar-refractivity contribution in [2.24, 2.45) is 0 Å². The van der Waals surface area contributed by atoms with Gasteiger partial charge in [0.05, 0.1) is 6.17 Å². The fourth-order valence-corrected chi connectivity index (χ4v) is 0.902. The van der Waals surface area contributed by atoms with Gasteiger partial charge < -0.3 is 10.6 Å². The summed E-state index contributed by atoms with van der Waals surface area (Å²) in [6.45, 7) is 6.25. The van der Waals surface area contributed by atoms with Gasteiger partial charge >= 0.3 is 0 Å². The highest BCUT2D eigenvalue weighted by atomic mass is 15.2. The SMILES string of the molecule is CC1=C(C)NC(C)N1. The second-order valence-electron chi connectivity index (χ2n) is 2.26. The van der Waals surface area contributed by atoms with Crippen LogP contribution in [0.15, 0.2) is 11.4 Å². The van der Waals surface area contributed by atoms with Crippen molar-refractivity contribution in [3.8, 4) is 0 Å². The zero-order chi connectivity index (χ0) is 6.15. The largest absolute Gasteiger partial charge is 0.368 e. The van der Waals surface area contributed by atoms with Gasteiger partial charge in [0.1, 0.15) is 0 Å². The third-order valence-corrected chi connectivity index (χ3v) is 1.43. The van der Waals surface area contributed by atoms with E-state index in [9.17, 15) is 0 Å². The lowest BCUT2D eigenvalue weighted by Gasteiger charge is -2.03. The first-order chi connectivity index (χ1) is 3.70. The Morgan fingerprint density at radius 3 is 1.62 bits per heavy atom. The van der Waals surface area contributed by atoms with E-state index in [0.717, 1.165) is 0 Å². The van der Waals surface area contributed by atoms with E-state index in [4.69, 9.17) is 0 Å². The van der Waals surface area contributed by atoms with Crippen molar-refractivity contribution in [1.82, 2.24) is 10.6 Å². The molecule has 0 saturated heterocycles. The normalized spacial score (nSPS) is 20.9. The predicted molar refractivity (Wildman–Crippen MR) is 34.1 cm³/mol. The maximum absolute atomic E-state index is 3.23. The van der Waals surface area contributed by atoms with E-state index in [0.29, 0.717) is 6.17 Å². The third-order valence-electron chi connectivity index (χ3n) is 1.43. The minimum absolute atomic E-state index is 0.426. The molecule has 0 aromatic rings. The molecule has 0 bridgehead atoms. The molecule has 46 valence electrons. The maximum Gasteiger partial charge on any atom is 0.0930 e. The van der Waals surface area contributed by atoms with Crippen molar-refractivity contribution in [1.29, 1.82) is 0 Å². The first-order valence-electron chi connectivity index (χ1n) is 2.90. The van der Waals surface area contributed by atoms with Crippen LogP contribution in [0.5, 0.6) is 0 Å². The number of hydrogen-bond acceptors (Lipinski definition) is 2. The molecule has 1 rings (SSSR count). The average molecular weight is 112 g/mol. The highest BCUT2D eigenvalue weighted by Crippen LogP contribution is 2.03. The van der Waals surface area contributed by atoms with Crippen LogP contribution >= 0.6 is 0 Å². The van der Waals surface area contributed by atoms with Crippen LogP contribution in [0.25, 0.3) is 0 Å². The lowest BCUT2D eigenvalue weighted by atomic mass is 10.4. The average Bonchev–Trinajstić information content (AvgIpc) is 1.85. The van der Waals surface area contributed by atoms with Crippen LogP contribution in [0.3, 0.4) is 0 Å². The van der Waals surface area contributed by atoms with E-state index < -0.39 is 0 Å². The van der Waals surface area contributed by atoms with E-state index in [1.165, 1.54) is 11.4 Å². The molecule has 0 fully saturated rings. The van der Waals surface area contributed by atoms with Crippen LogP contribution in [0.4, 0.5) is 0 Å².